The van der Waals surface area contributed by atoms with Crippen molar-refractivity contribution in [3.63, 3.8) is 0 Å². The summed E-state index contributed by atoms with van der Waals surface area (Å²) < 4.78 is 36.6. The third kappa shape index (κ3) is 16.4. The number of alkyl halides is 3. The topological polar surface area (TPSA) is 204 Å². The normalized spacial score (nSPS) is 25.9. The number of hydrogen-bond acceptors (Lipinski definition) is 11. The molecule has 4 aliphatic heterocycles. The summed E-state index contributed by atoms with van der Waals surface area (Å²) in [5.41, 5.74) is 4.25. The van der Waals surface area contributed by atoms with Gasteiger partial charge in [0.25, 0.3) is 0 Å². The molecular weight excluding hydrogens is 1040 g/mol. The lowest BCUT2D eigenvalue weighted by atomic mass is 9.87. The van der Waals surface area contributed by atoms with Gasteiger partial charge in [-0.15, -0.1) is 23.5 Å². The van der Waals surface area contributed by atoms with Gasteiger partial charge in [0.2, 0.25) is 41.7 Å². The molecule has 0 spiro atoms. The Bertz CT molecular complexity index is 2430. The maximum absolute atomic E-state index is 13.8. The fraction of sp³-hybridized carbons (Fsp3) is 0.643. The van der Waals surface area contributed by atoms with Crippen molar-refractivity contribution < 1.29 is 56.3 Å². The second-order valence-electron chi connectivity index (χ2n) is 21.8. The predicted octanol–water partition coefficient (Wildman–Crippen LogP) is 8.07. The third-order valence-corrected chi connectivity index (χ3v) is 17.8. The molecule has 2 unspecified atom stereocenters. The Kier molecular flexibility index (Phi) is 21.8. The quantitative estimate of drug-likeness (QED) is 0.168. The molecule has 10 atom stereocenters. The van der Waals surface area contributed by atoms with Crippen LogP contribution < -0.4 is 21.3 Å². The molecule has 6 aliphatic rings. The van der Waals surface area contributed by atoms with Crippen molar-refractivity contribution in [3.05, 3.63) is 70.8 Å². The van der Waals surface area contributed by atoms with E-state index in [0.29, 0.717) is 31.4 Å². The number of fused-ring (bicyclic) bond motifs is 4. The van der Waals surface area contributed by atoms with Gasteiger partial charge < -0.3 is 35.8 Å². The minimum absolute atomic E-state index is 0.00321. The average molecular weight is 1110 g/mol. The molecule has 0 bridgehead atoms. The predicted molar refractivity (Wildman–Crippen MR) is 290 cm³/mol. The molecule has 0 aromatic heterocycles. The van der Waals surface area contributed by atoms with Crippen molar-refractivity contribution in [1.82, 2.24) is 36.0 Å². The number of carbonyl (C=O) groups excluding carboxylic acids is 8. The van der Waals surface area contributed by atoms with Gasteiger partial charge in [-0.05, 0) is 158 Å². The summed E-state index contributed by atoms with van der Waals surface area (Å²) in [6.45, 7) is 10.8. The molecule has 7 amide bonds. The Morgan fingerprint density at radius 3 is 1.51 bits per heavy atom. The molecule has 77 heavy (non-hydrogen) atoms. The van der Waals surface area contributed by atoms with E-state index in [1.165, 1.54) is 28.6 Å². The maximum Gasteiger partial charge on any atom is 0.446 e. The molecule has 4 N–H and O–H groups in total. The highest BCUT2D eigenvalue weighted by Gasteiger charge is 2.46. The third-order valence-electron chi connectivity index (χ3n) is 15.1. The van der Waals surface area contributed by atoms with Gasteiger partial charge in [0, 0.05) is 13.0 Å². The molecule has 4 heterocycles. The van der Waals surface area contributed by atoms with Gasteiger partial charge >= 0.3 is 12.3 Å². The standard InChI is InChI=1S/C29H42N4O5S.C25H35N3O3S.C2HF3O/c1-18(32(5)28(37)38-29(2,3)4)25(34)31-22-16-17-39-24-15-9-14-23(33(24)27(22)36)26(35)30-21-13-8-11-19-10-6-7-12-20(19)21;1-3-16(2)23(29)27-20-14-15-32-22-13-7-12-21(28(22)25(20)31)24(30)26-19-11-6-9-17-8-4-5-10-18(17)19;3-2(4,5)1-6/h6-7,10,12,18,21-24H,8-9,11,13-17H2,1-5H3,(H,30,35)(H,31,34);4-5,8,10,16,19-22H,3,6-7,9,11-15H2,1-2H3,(H,26,30)(H,27,29);1H/t18-,21+,22-,23?,24-;16-,19-,20+,21?,22+;/m01./s1. The van der Waals surface area contributed by atoms with E-state index < -0.39 is 60.3 Å². The second-order valence-corrected chi connectivity index (χ2v) is 24.3. The van der Waals surface area contributed by atoms with E-state index >= 15 is 0 Å². The van der Waals surface area contributed by atoms with Crippen LogP contribution in [-0.4, -0.2) is 134 Å². The number of nitrogens with one attached hydrogen (secondary N) is 4. The summed E-state index contributed by atoms with van der Waals surface area (Å²) in [7, 11) is 1.51. The SMILES string of the molecule is CC[C@@H](C)C(=O)N[C@H]1CCS[C@H]2CCCC(C(=O)N[C@@H]3CCCc4ccccc43)N2C1=O.C[C@@H](C(=O)N[C@H]1CCS[C@H]2CCCC(C(=O)N[C@@H]3CCCc4ccccc43)N2C1=O)N(C)C(=O)OC(C)(C)C.O=CC(F)(F)F. The minimum atomic E-state index is -4.64. The minimum Gasteiger partial charge on any atom is -0.444 e. The van der Waals surface area contributed by atoms with E-state index in [-0.39, 0.29) is 58.3 Å². The summed E-state index contributed by atoms with van der Waals surface area (Å²) in [5, 5.41) is 12.3. The summed E-state index contributed by atoms with van der Waals surface area (Å²) in [5.74, 6) is 0.366. The maximum atomic E-state index is 13.8. The summed E-state index contributed by atoms with van der Waals surface area (Å²) in [6, 6.07) is 13.3. The largest absolute Gasteiger partial charge is 0.446 e. The molecule has 4 saturated heterocycles. The molecular formula is C56H78F3N7O9S2. The number of likely N-dealkylation sites (N-methyl/N-ethyl adjacent to an activating group) is 1. The van der Waals surface area contributed by atoms with Crippen molar-refractivity contribution in [2.24, 2.45) is 5.92 Å². The van der Waals surface area contributed by atoms with E-state index in [0.717, 1.165) is 81.9 Å². The Labute approximate surface area is 459 Å². The highest BCUT2D eigenvalue weighted by molar-refractivity contribution is 8.00. The van der Waals surface area contributed by atoms with Crippen LogP contribution in [-0.2, 0) is 51.1 Å². The van der Waals surface area contributed by atoms with Crippen LogP contribution in [0.3, 0.4) is 0 Å². The number of piperidine rings is 2. The Balaban J connectivity index is 0.000000229. The summed E-state index contributed by atoms with van der Waals surface area (Å²) >= 11 is 3.42. The summed E-state index contributed by atoms with van der Waals surface area (Å²) in [6.07, 6.45) is 6.25. The molecule has 21 heteroatoms. The highest BCUT2D eigenvalue weighted by atomic mass is 32.2. The van der Waals surface area contributed by atoms with Crippen molar-refractivity contribution >= 4 is 71.3 Å². The van der Waals surface area contributed by atoms with Crippen molar-refractivity contribution in [2.75, 3.05) is 18.6 Å². The van der Waals surface area contributed by atoms with E-state index in [4.69, 9.17) is 9.53 Å². The first kappa shape index (κ1) is 60.9. The summed E-state index contributed by atoms with van der Waals surface area (Å²) in [4.78, 5) is 106. The second kappa shape index (κ2) is 27.5. The van der Waals surface area contributed by atoms with Crippen LogP contribution in [0.1, 0.15) is 159 Å². The lowest BCUT2D eigenvalue weighted by Gasteiger charge is -2.41. The Morgan fingerprint density at radius 1 is 0.662 bits per heavy atom. The lowest BCUT2D eigenvalue weighted by molar-refractivity contribution is -0.156. The van der Waals surface area contributed by atoms with Crippen LogP contribution in [0.25, 0.3) is 0 Å². The van der Waals surface area contributed by atoms with Gasteiger partial charge in [-0.2, -0.15) is 13.2 Å². The Hall–Kier alpha value is -5.31. The molecule has 424 valence electrons. The zero-order valence-electron chi connectivity index (χ0n) is 45.5. The number of hydrogen-bond donors (Lipinski definition) is 4. The molecule has 8 rings (SSSR count). The number of aldehydes is 1. The van der Waals surface area contributed by atoms with Gasteiger partial charge in [-0.1, -0.05) is 62.4 Å². The Morgan fingerprint density at radius 2 is 1.09 bits per heavy atom. The van der Waals surface area contributed by atoms with Gasteiger partial charge in [0.15, 0.2) is 0 Å². The van der Waals surface area contributed by atoms with Gasteiger partial charge in [0.05, 0.1) is 22.8 Å². The van der Waals surface area contributed by atoms with Crippen molar-refractivity contribution in [1.29, 1.82) is 0 Å². The smallest absolute Gasteiger partial charge is 0.444 e. The number of aryl methyl sites for hydroxylation is 2. The van der Waals surface area contributed by atoms with Crippen LogP contribution in [0.2, 0.25) is 0 Å². The fourth-order valence-electron chi connectivity index (χ4n) is 10.7. The first-order valence-corrected chi connectivity index (χ1v) is 29.3. The number of thioether (sulfide) groups is 2. The average Bonchev–Trinajstić information content (AvgIpc) is 3.68. The molecule has 2 aliphatic carbocycles. The van der Waals surface area contributed by atoms with Crippen LogP contribution in [0, 0.1) is 5.92 Å². The first-order chi connectivity index (χ1) is 36.5. The molecule has 0 saturated carbocycles. The number of carbonyl (C=O) groups is 8. The zero-order chi connectivity index (χ0) is 56.2. The van der Waals surface area contributed by atoms with E-state index in [1.807, 2.05) is 32.0 Å². The highest BCUT2D eigenvalue weighted by Crippen LogP contribution is 2.38. The van der Waals surface area contributed by atoms with Gasteiger partial charge in [-0.3, -0.25) is 38.5 Å². The van der Waals surface area contributed by atoms with Crippen LogP contribution in [0.4, 0.5) is 18.0 Å². The van der Waals surface area contributed by atoms with E-state index in [1.54, 1.807) is 61.0 Å². The lowest BCUT2D eigenvalue weighted by Crippen LogP contribution is -2.60. The van der Waals surface area contributed by atoms with Crippen molar-refractivity contribution in [2.45, 2.75) is 203 Å². The van der Waals surface area contributed by atoms with E-state index in [2.05, 4.69) is 51.6 Å². The van der Waals surface area contributed by atoms with Gasteiger partial charge in [-0.25, -0.2) is 4.79 Å². The molecule has 4 fully saturated rings. The van der Waals surface area contributed by atoms with Crippen LogP contribution >= 0.6 is 23.5 Å². The first-order valence-electron chi connectivity index (χ1n) is 27.2. The molecule has 2 aromatic rings. The number of ether oxygens (including phenoxy) is 1. The van der Waals surface area contributed by atoms with Crippen LogP contribution in [0.5, 0.6) is 0 Å². The number of rotatable bonds is 10. The number of benzene rings is 2. The number of amides is 7. The van der Waals surface area contributed by atoms with Crippen molar-refractivity contribution in [3.8, 4) is 0 Å². The van der Waals surface area contributed by atoms with E-state index in [9.17, 15) is 46.7 Å². The number of nitrogens with zero attached hydrogens (tertiary/aromatic N) is 3. The molecule has 16 nitrogen and oxygen atoms in total. The fourth-order valence-corrected chi connectivity index (χ4v) is 13.5. The molecule has 2 aromatic carbocycles. The van der Waals surface area contributed by atoms with Gasteiger partial charge in [0.1, 0.15) is 35.8 Å². The van der Waals surface area contributed by atoms with Crippen LogP contribution in [0.15, 0.2) is 48.5 Å². The monoisotopic (exact) mass is 1110 g/mol. The zero-order valence-corrected chi connectivity index (χ0v) is 47.1. The molecule has 0 radical (unpaired) electrons. The number of halogens is 3.